The molecule has 0 unspecified atom stereocenters. The number of carbonyl (C=O) groups is 1. The molecule has 1 heterocycles. The van der Waals surface area contributed by atoms with Gasteiger partial charge in [-0.1, -0.05) is 12.1 Å². The van der Waals surface area contributed by atoms with E-state index in [-0.39, 0.29) is 23.3 Å². The fourth-order valence-corrected chi connectivity index (χ4v) is 1.91. The zero-order chi connectivity index (χ0) is 12.6. The van der Waals surface area contributed by atoms with Crippen LogP contribution in [-0.2, 0) is 13.0 Å². The van der Waals surface area contributed by atoms with Gasteiger partial charge in [0, 0.05) is 0 Å². The molecule has 3 N–H and O–H groups in total. The van der Waals surface area contributed by atoms with Crippen molar-refractivity contribution in [2.75, 3.05) is 0 Å². The number of hydrogen-bond acceptors (Lipinski definition) is 4. The number of carbonyl (C=O) groups excluding carboxylic acids is 1. The molecule has 0 aliphatic rings. The Labute approximate surface area is 96.0 Å². The first kappa shape index (κ1) is 11.5. The Bertz CT molecular complexity index is 592. The SMILES string of the molecule is CCc1c(CO)cc(F)c2onc(C(N)=O)c12. The number of aryl methyl sites for hydroxylation is 1. The Morgan fingerprint density at radius 3 is 2.88 bits per heavy atom. The first-order valence-electron chi connectivity index (χ1n) is 5.10. The number of amides is 1. The lowest BCUT2D eigenvalue weighted by Gasteiger charge is -2.06. The van der Waals surface area contributed by atoms with E-state index in [4.69, 9.17) is 15.4 Å². The average molecular weight is 238 g/mol. The van der Waals surface area contributed by atoms with E-state index < -0.39 is 11.7 Å². The number of nitrogens with zero attached hydrogens (tertiary/aromatic N) is 1. The lowest BCUT2D eigenvalue weighted by Crippen LogP contribution is -2.12. The first-order valence-corrected chi connectivity index (χ1v) is 5.10. The van der Waals surface area contributed by atoms with Crippen LogP contribution in [0.5, 0.6) is 0 Å². The highest BCUT2D eigenvalue weighted by molar-refractivity contribution is 6.04. The number of aliphatic hydroxyl groups excluding tert-OH is 1. The van der Waals surface area contributed by atoms with E-state index in [1.54, 1.807) is 0 Å². The monoisotopic (exact) mass is 238 g/mol. The summed E-state index contributed by atoms with van der Waals surface area (Å²) >= 11 is 0. The van der Waals surface area contributed by atoms with Gasteiger partial charge in [-0.3, -0.25) is 4.79 Å². The topological polar surface area (TPSA) is 89.3 Å². The molecule has 1 amide bonds. The zero-order valence-corrected chi connectivity index (χ0v) is 9.16. The van der Waals surface area contributed by atoms with Crippen LogP contribution in [0.3, 0.4) is 0 Å². The minimum Gasteiger partial charge on any atom is -0.392 e. The summed E-state index contributed by atoms with van der Waals surface area (Å²) in [4.78, 5) is 11.2. The van der Waals surface area contributed by atoms with Crippen LogP contribution in [0.1, 0.15) is 28.5 Å². The molecule has 0 aliphatic heterocycles. The Morgan fingerprint density at radius 1 is 1.65 bits per heavy atom. The molecule has 2 rings (SSSR count). The van der Waals surface area contributed by atoms with Crippen LogP contribution in [0.15, 0.2) is 10.6 Å². The van der Waals surface area contributed by atoms with Crippen LogP contribution in [0, 0.1) is 5.82 Å². The second-order valence-corrected chi connectivity index (χ2v) is 3.61. The number of aliphatic hydroxyl groups is 1. The molecule has 6 heteroatoms. The van der Waals surface area contributed by atoms with Gasteiger partial charge >= 0.3 is 0 Å². The summed E-state index contributed by atoms with van der Waals surface area (Å²) < 4.78 is 18.4. The maximum absolute atomic E-state index is 13.6. The third-order valence-electron chi connectivity index (χ3n) is 2.66. The van der Waals surface area contributed by atoms with Crippen molar-refractivity contribution in [3.63, 3.8) is 0 Å². The molecule has 1 aromatic heterocycles. The van der Waals surface area contributed by atoms with Crippen LogP contribution < -0.4 is 5.73 Å². The van der Waals surface area contributed by atoms with Crippen LogP contribution in [0.25, 0.3) is 11.0 Å². The highest BCUT2D eigenvalue weighted by atomic mass is 19.1. The lowest BCUT2D eigenvalue weighted by atomic mass is 9.99. The average Bonchev–Trinajstić information content (AvgIpc) is 2.73. The summed E-state index contributed by atoms with van der Waals surface area (Å²) in [5.74, 6) is -1.45. The van der Waals surface area contributed by atoms with E-state index in [2.05, 4.69) is 5.16 Å². The normalized spacial score (nSPS) is 11.0. The maximum Gasteiger partial charge on any atom is 0.271 e. The molecule has 2 aromatic rings. The van der Waals surface area contributed by atoms with Gasteiger partial charge in [-0.2, -0.15) is 0 Å². The summed E-state index contributed by atoms with van der Waals surface area (Å²) in [6.07, 6.45) is 0.508. The third kappa shape index (κ3) is 1.66. The van der Waals surface area contributed by atoms with E-state index in [1.807, 2.05) is 6.92 Å². The Morgan fingerprint density at radius 2 is 2.35 bits per heavy atom. The first-order chi connectivity index (χ1) is 8.10. The van der Waals surface area contributed by atoms with Crippen molar-refractivity contribution in [2.24, 2.45) is 5.73 Å². The molecule has 0 radical (unpaired) electrons. The summed E-state index contributed by atoms with van der Waals surface area (Å²) in [6, 6.07) is 1.18. The smallest absolute Gasteiger partial charge is 0.271 e. The van der Waals surface area contributed by atoms with Crippen LogP contribution in [0.2, 0.25) is 0 Å². The number of nitrogens with two attached hydrogens (primary N) is 1. The molecule has 5 nitrogen and oxygen atoms in total. The molecule has 0 atom stereocenters. The Balaban J connectivity index is 2.91. The fraction of sp³-hybridized carbons (Fsp3) is 0.273. The summed E-state index contributed by atoms with van der Waals surface area (Å²) in [7, 11) is 0. The van der Waals surface area contributed by atoms with Gasteiger partial charge in [0.2, 0.25) is 5.58 Å². The molecule has 0 spiro atoms. The van der Waals surface area contributed by atoms with Gasteiger partial charge in [-0.05, 0) is 23.6 Å². The van der Waals surface area contributed by atoms with Crippen molar-refractivity contribution in [3.8, 4) is 0 Å². The minimum absolute atomic E-state index is 0.104. The zero-order valence-electron chi connectivity index (χ0n) is 9.16. The molecule has 0 fully saturated rings. The fourth-order valence-electron chi connectivity index (χ4n) is 1.91. The van der Waals surface area contributed by atoms with Crippen LogP contribution in [0.4, 0.5) is 4.39 Å². The number of fused-ring (bicyclic) bond motifs is 1. The van der Waals surface area contributed by atoms with Crippen LogP contribution >= 0.6 is 0 Å². The van der Waals surface area contributed by atoms with Gasteiger partial charge in [0.1, 0.15) is 0 Å². The molecule has 90 valence electrons. The van der Waals surface area contributed by atoms with E-state index >= 15 is 0 Å². The Kier molecular flexibility index (Phi) is 2.81. The second-order valence-electron chi connectivity index (χ2n) is 3.61. The quantitative estimate of drug-likeness (QED) is 0.838. The van der Waals surface area contributed by atoms with Crippen molar-refractivity contribution in [1.29, 1.82) is 0 Å². The molecule has 17 heavy (non-hydrogen) atoms. The van der Waals surface area contributed by atoms with Crippen molar-refractivity contribution in [1.82, 2.24) is 5.16 Å². The largest absolute Gasteiger partial charge is 0.392 e. The third-order valence-corrected chi connectivity index (χ3v) is 2.66. The van der Waals surface area contributed by atoms with E-state index in [0.29, 0.717) is 17.5 Å². The highest BCUT2D eigenvalue weighted by Gasteiger charge is 2.21. The van der Waals surface area contributed by atoms with Gasteiger partial charge in [0.15, 0.2) is 11.5 Å². The van der Waals surface area contributed by atoms with Gasteiger partial charge in [0.25, 0.3) is 5.91 Å². The molecule has 0 aliphatic carbocycles. The lowest BCUT2D eigenvalue weighted by molar-refractivity contribution is 0.0993. The summed E-state index contributed by atoms with van der Waals surface area (Å²) in [5.41, 5.74) is 5.96. The van der Waals surface area contributed by atoms with Gasteiger partial charge in [-0.15, -0.1) is 0 Å². The van der Waals surface area contributed by atoms with Crippen molar-refractivity contribution >= 4 is 16.9 Å². The number of primary amides is 1. The van der Waals surface area contributed by atoms with Gasteiger partial charge in [0.05, 0.1) is 12.0 Å². The Hall–Kier alpha value is -1.95. The molecule has 1 aromatic carbocycles. The number of rotatable bonds is 3. The van der Waals surface area contributed by atoms with E-state index in [0.717, 1.165) is 0 Å². The molecular formula is C11H11FN2O3. The molecule has 0 saturated heterocycles. The standard InChI is InChI=1S/C11H11FN2O3/c1-2-6-5(4-15)3-7(12)10-8(6)9(11(13)16)14-17-10/h3,15H,2,4H2,1H3,(H2,13,16). The minimum atomic E-state index is -0.784. The van der Waals surface area contributed by atoms with Crippen molar-refractivity contribution < 1.29 is 18.8 Å². The summed E-state index contributed by atoms with van der Waals surface area (Å²) in [6.45, 7) is 1.50. The number of benzene rings is 1. The molecule has 0 saturated carbocycles. The van der Waals surface area contributed by atoms with Gasteiger partial charge < -0.3 is 15.4 Å². The predicted molar refractivity (Wildman–Crippen MR) is 57.8 cm³/mol. The predicted octanol–water partition coefficient (Wildman–Crippen LogP) is 1.12. The van der Waals surface area contributed by atoms with Crippen molar-refractivity contribution in [3.05, 3.63) is 28.7 Å². The second kappa shape index (κ2) is 4.14. The molecular weight excluding hydrogens is 227 g/mol. The van der Waals surface area contributed by atoms with E-state index in [1.165, 1.54) is 6.07 Å². The molecule has 0 bridgehead atoms. The van der Waals surface area contributed by atoms with Crippen LogP contribution in [-0.4, -0.2) is 16.2 Å². The number of hydrogen-bond donors (Lipinski definition) is 2. The van der Waals surface area contributed by atoms with Gasteiger partial charge in [-0.25, -0.2) is 4.39 Å². The highest BCUT2D eigenvalue weighted by Crippen LogP contribution is 2.29. The summed E-state index contributed by atoms with van der Waals surface area (Å²) in [5, 5.41) is 12.9. The number of aromatic nitrogens is 1. The number of halogens is 1. The van der Waals surface area contributed by atoms with Crippen molar-refractivity contribution in [2.45, 2.75) is 20.0 Å². The van der Waals surface area contributed by atoms with E-state index in [9.17, 15) is 9.18 Å². The maximum atomic E-state index is 13.6.